The SMILES string of the molecule is CCOc1ccc(SN(CC(N)=O)c2ccccc2)cc1.N=C1C(=O)Nc2ccc([N+](=O)[O-])cc21. The summed E-state index contributed by atoms with van der Waals surface area (Å²) < 4.78 is 7.29. The highest BCUT2D eigenvalue weighted by Crippen LogP contribution is 2.30. The minimum Gasteiger partial charge on any atom is -0.494 e. The van der Waals surface area contributed by atoms with Crippen LogP contribution in [-0.4, -0.2) is 35.6 Å². The van der Waals surface area contributed by atoms with Gasteiger partial charge in [-0.05, 0) is 61.3 Å². The molecule has 180 valence electrons. The molecule has 0 unspecified atom stereocenters. The van der Waals surface area contributed by atoms with Crippen LogP contribution < -0.4 is 20.1 Å². The van der Waals surface area contributed by atoms with Crippen molar-refractivity contribution in [3.8, 4) is 5.75 Å². The van der Waals surface area contributed by atoms with Crippen molar-refractivity contribution in [1.29, 1.82) is 5.41 Å². The topological polar surface area (TPSA) is 152 Å². The summed E-state index contributed by atoms with van der Waals surface area (Å²) in [5.74, 6) is -0.0548. The van der Waals surface area contributed by atoms with Gasteiger partial charge in [-0.3, -0.25) is 25.1 Å². The third-order valence-corrected chi connectivity index (χ3v) is 5.70. The number of nitro groups is 1. The molecule has 0 radical (unpaired) electrons. The van der Waals surface area contributed by atoms with Crippen LogP contribution >= 0.6 is 11.9 Å². The van der Waals surface area contributed by atoms with E-state index >= 15 is 0 Å². The Morgan fingerprint density at radius 2 is 1.83 bits per heavy atom. The maximum atomic E-state index is 11.3. The average molecular weight is 494 g/mol. The highest BCUT2D eigenvalue weighted by Gasteiger charge is 2.26. The summed E-state index contributed by atoms with van der Waals surface area (Å²) in [5.41, 5.74) is 6.65. The Kier molecular flexibility index (Phi) is 8.41. The molecule has 0 bridgehead atoms. The molecular formula is C24H23N5O5S. The number of primary amides is 1. The van der Waals surface area contributed by atoms with Gasteiger partial charge in [-0.15, -0.1) is 0 Å². The zero-order chi connectivity index (χ0) is 25.4. The normalized spacial score (nSPS) is 11.6. The molecular weight excluding hydrogens is 470 g/mol. The van der Waals surface area contributed by atoms with Crippen molar-refractivity contribution in [3.63, 3.8) is 0 Å². The van der Waals surface area contributed by atoms with Crippen molar-refractivity contribution >= 4 is 46.5 Å². The first-order valence-electron chi connectivity index (χ1n) is 10.5. The van der Waals surface area contributed by atoms with E-state index in [1.54, 1.807) is 0 Å². The Bertz CT molecular complexity index is 1230. The van der Waals surface area contributed by atoms with Gasteiger partial charge in [0, 0.05) is 28.3 Å². The fourth-order valence-corrected chi connectivity index (χ4v) is 4.00. The van der Waals surface area contributed by atoms with E-state index in [2.05, 4.69) is 5.32 Å². The predicted molar refractivity (Wildman–Crippen MR) is 135 cm³/mol. The first kappa shape index (κ1) is 25.2. The molecule has 0 fully saturated rings. The number of nitro benzene ring substituents is 1. The third-order valence-electron chi connectivity index (χ3n) is 4.65. The van der Waals surface area contributed by atoms with Crippen LogP contribution in [0.2, 0.25) is 0 Å². The first-order valence-corrected chi connectivity index (χ1v) is 11.3. The second-order valence-corrected chi connectivity index (χ2v) is 8.25. The number of carbonyl (C=O) groups is 2. The van der Waals surface area contributed by atoms with E-state index in [0.29, 0.717) is 12.3 Å². The van der Waals surface area contributed by atoms with Gasteiger partial charge in [0.25, 0.3) is 11.6 Å². The van der Waals surface area contributed by atoms with Crippen LogP contribution in [0.25, 0.3) is 0 Å². The number of fused-ring (bicyclic) bond motifs is 1. The zero-order valence-electron chi connectivity index (χ0n) is 18.8. The van der Waals surface area contributed by atoms with Gasteiger partial charge in [0.2, 0.25) is 5.91 Å². The minimum atomic E-state index is -0.559. The largest absolute Gasteiger partial charge is 0.494 e. The Morgan fingerprint density at radius 3 is 2.43 bits per heavy atom. The van der Waals surface area contributed by atoms with Crippen molar-refractivity contribution in [3.05, 3.63) is 88.5 Å². The smallest absolute Gasteiger partial charge is 0.274 e. The molecule has 0 saturated heterocycles. The molecule has 10 nitrogen and oxygen atoms in total. The minimum absolute atomic E-state index is 0.120. The molecule has 4 N–H and O–H groups in total. The van der Waals surface area contributed by atoms with Gasteiger partial charge in [-0.1, -0.05) is 18.2 Å². The molecule has 0 aliphatic carbocycles. The number of ether oxygens (including phenoxy) is 1. The summed E-state index contributed by atoms with van der Waals surface area (Å²) in [7, 11) is 0. The van der Waals surface area contributed by atoms with Crippen molar-refractivity contribution in [2.24, 2.45) is 5.73 Å². The number of nitrogens with one attached hydrogen (secondary N) is 2. The fraction of sp³-hybridized carbons (Fsp3) is 0.125. The predicted octanol–water partition coefficient (Wildman–Crippen LogP) is 4.00. The molecule has 2 amide bonds. The quantitative estimate of drug-likeness (QED) is 0.244. The molecule has 0 spiro atoms. The first-order chi connectivity index (χ1) is 16.8. The summed E-state index contributed by atoms with van der Waals surface area (Å²) >= 11 is 1.47. The van der Waals surface area contributed by atoms with Gasteiger partial charge in [-0.25, -0.2) is 0 Å². The number of para-hydroxylation sites is 1. The van der Waals surface area contributed by atoms with Crippen LogP contribution in [0.5, 0.6) is 5.75 Å². The molecule has 0 saturated carbocycles. The molecule has 1 aliphatic rings. The van der Waals surface area contributed by atoms with E-state index in [1.807, 2.05) is 65.8 Å². The van der Waals surface area contributed by atoms with E-state index in [4.69, 9.17) is 15.9 Å². The lowest BCUT2D eigenvalue weighted by Gasteiger charge is -2.21. The number of rotatable bonds is 8. The average Bonchev–Trinajstić information content (AvgIpc) is 3.13. The van der Waals surface area contributed by atoms with Gasteiger partial charge in [0.15, 0.2) is 0 Å². The second kappa shape index (κ2) is 11.7. The number of nitrogens with zero attached hydrogens (tertiary/aromatic N) is 2. The molecule has 4 rings (SSSR count). The summed E-state index contributed by atoms with van der Waals surface area (Å²) in [6, 6.07) is 21.4. The Hall–Kier alpha value is -4.38. The van der Waals surface area contributed by atoms with Gasteiger partial charge in [0.05, 0.1) is 17.2 Å². The number of anilines is 2. The van der Waals surface area contributed by atoms with Crippen LogP contribution in [0.3, 0.4) is 0 Å². The number of non-ortho nitro benzene ring substituents is 1. The Labute approximate surface area is 205 Å². The van der Waals surface area contributed by atoms with Gasteiger partial charge >= 0.3 is 0 Å². The monoisotopic (exact) mass is 493 g/mol. The van der Waals surface area contributed by atoms with Crippen LogP contribution in [0.4, 0.5) is 17.1 Å². The maximum absolute atomic E-state index is 11.3. The Balaban J connectivity index is 0.000000211. The summed E-state index contributed by atoms with van der Waals surface area (Å²) in [6.45, 7) is 2.75. The molecule has 0 aromatic heterocycles. The van der Waals surface area contributed by atoms with Gasteiger partial charge < -0.3 is 20.1 Å². The number of hydrogen-bond donors (Lipinski definition) is 3. The molecule has 3 aromatic rings. The van der Waals surface area contributed by atoms with Crippen molar-refractivity contribution in [1.82, 2.24) is 0 Å². The number of hydrogen-bond acceptors (Lipinski definition) is 8. The zero-order valence-corrected chi connectivity index (χ0v) is 19.6. The van der Waals surface area contributed by atoms with E-state index in [1.165, 1.54) is 30.1 Å². The summed E-state index contributed by atoms with van der Waals surface area (Å²) in [6.07, 6.45) is 0. The van der Waals surface area contributed by atoms with Crippen molar-refractivity contribution < 1.29 is 19.2 Å². The maximum Gasteiger partial charge on any atom is 0.274 e. The second-order valence-electron chi connectivity index (χ2n) is 7.15. The van der Waals surface area contributed by atoms with Gasteiger partial charge in [-0.2, -0.15) is 0 Å². The van der Waals surface area contributed by atoms with Crippen LogP contribution in [0.1, 0.15) is 12.5 Å². The third kappa shape index (κ3) is 6.81. The van der Waals surface area contributed by atoms with Crippen LogP contribution in [-0.2, 0) is 9.59 Å². The highest BCUT2D eigenvalue weighted by atomic mass is 32.2. The van der Waals surface area contributed by atoms with E-state index in [0.717, 1.165) is 16.3 Å². The number of benzene rings is 3. The lowest BCUT2D eigenvalue weighted by molar-refractivity contribution is -0.384. The molecule has 1 aliphatic heterocycles. The molecule has 11 heteroatoms. The Morgan fingerprint density at radius 1 is 1.14 bits per heavy atom. The van der Waals surface area contributed by atoms with Crippen molar-refractivity contribution in [2.45, 2.75) is 11.8 Å². The van der Waals surface area contributed by atoms with E-state index < -0.39 is 10.8 Å². The number of amides is 2. The number of nitrogens with two attached hydrogens (primary N) is 1. The lowest BCUT2D eigenvalue weighted by atomic mass is 10.1. The van der Waals surface area contributed by atoms with Gasteiger partial charge in [0.1, 0.15) is 18.0 Å². The lowest BCUT2D eigenvalue weighted by Crippen LogP contribution is -2.28. The molecule has 35 heavy (non-hydrogen) atoms. The molecule has 1 heterocycles. The molecule has 3 aromatic carbocycles. The molecule has 0 atom stereocenters. The van der Waals surface area contributed by atoms with Crippen LogP contribution in [0, 0.1) is 15.5 Å². The summed E-state index contributed by atoms with van der Waals surface area (Å²) in [4.78, 5) is 33.1. The number of carbonyl (C=O) groups excluding carboxylic acids is 2. The highest BCUT2D eigenvalue weighted by molar-refractivity contribution is 8.00. The van der Waals surface area contributed by atoms with Crippen LogP contribution in [0.15, 0.2) is 77.7 Å². The standard InChI is InChI=1S/C16H18N2O2S.C8H5N3O3/c1-2-20-14-8-10-15(11-9-14)21-18(12-16(17)19)13-6-4-3-5-7-13;9-7-5-3-4(11(13)14)1-2-6(5)10-8(7)12/h3-11H,2,12H2,1H3,(H2,17,19);1-3H,(H2,9,10,12). The van der Waals surface area contributed by atoms with E-state index in [9.17, 15) is 19.7 Å². The van der Waals surface area contributed by atoms with E-state index in [-0.39, 0.29) is 29.4 Å². The summed E-state index contributed by atoms with van der Waals surface area (Å²) in [5, 5.41) is 20.2. The van der Waals surface area contributed by atoms with Crippen molar-refractivity contribution in [2.75, 3.05) is 22.8 Å². The fourth-order valence-electron chi connectivity index (χ4n) is 3.07.